The average Bonchev–Trinajstić information content (AvgIpc) is 2.28. The molecule has 0 aliphatic rings. The molecule has 1 N–H and O–H groups in total. The zero-order valence-corrected chi connectivity index (χ0v) is 9.74. The molecule has 0 spiro atoms. The smallest absolute Gasteiger partial charge is 0.305 e. The fourth-order valence-electron chi connectivity index (χ4n) is 1.02. The van der Waals surface area contributed by atoms with Gasteiger partial charge in [0.1, 0.15) is 0 Å². The zero-order valence-electron chi connectivity index (χ0n) is 8.92. The van der Waals surface area contributed by atoms with Crippen LogP contribution in [0, 0.1) is 12.3 Å². The van der Waals surface area contributed by atoms with Crippen molar-refractivity contribution in [1.29, 1.82) is 0 Å². The monoisotopic (exact) mass is 260 g/mol. The van der Waals surface area contributed by atoms with E-state index in [2.05, 4.69) is 16.2 Å². The van der Waals surface area contributed by atoms with Crippen LogP contribution >= 0.6 is 11.8 Å². The predicted octanol–water partition coefficient (Wildman–Crippen LogP) is 2.42. The lowest BCUT2D eigenvalue weighted by molar-refractivity contribution is -0.137. The largest absolute Gasteiger partial charge is 0.417 e. The Morgan fingerprint density at radius 2 is 2.18 bits per heavy atom. The zero-order chi connectivity index (χ0) is 12.7. The van der Waals surface area contributed by atoms with Crippen molar-refractivity contribution < 1.29 is 13.2 Å². The maximum Gasteiger partial charge on any atom is 0.417 e. The van der Waals surface area contributed by atoms with Crippen LogP contribution in [0.2, 0.25) is 0 Å². The predicted molar refractivity (Wildman–Crippen MR) is 61.7 cm³/mol. The van der Waals surface area contributed by atoms with E-state index in [9.17, 15) is 13.2 Å². The van der Waals surface area contributed by atoms with E-state index >= 15 is 0 Å². The summed E-state index contributed by atoms with van der Waals surface area (Å²) in [6.07, 6.45) is 1.56. The molecule has 0 unspecified atom stereocenters. The first-order chi connectivity index (χ1) is 8.04. The van der Waals surface area contributed by atoms with E-state index in [4.69, 9.17) is 6.42 Å². The molecule has 1 rings (SSSR count). The lowest BCUT2D eigenvalue weighted by Gasteiger charge is -2.06. The molecule has 0 radical (unpaired) electrons. The summed E-state index contributed by atoms with van der Waals surface area (Å²) < 4.78 is 36.7. The number of hydrogen-bond acceptors (Lipinski definition) is 3. The SMILES string of the molecule is C#CCNCCSc1ccc(C(F)(F)F)cn1. The Morgan fingerprint density at radius 3 is 2.71 bits per heavy atom. The van der Waals surface area contributed by atoms with Gasteiger partial charge in [0.05, 0.1) is 17.1 Å². The fourth-order valence-corrected chi connectivity index (χ4v) is 1.77. The average molecular weight is 260 g/mol. The lowest BCUT2D eigenvalue weighted by atomic mass is 10.3. The first kappa shape index (κ1) is 13.9. The summed E-state index contributed by atoms with van der Waals surface area (Å²) in [7, 11) is 0. The molecule has 0 aromatic carbocycles. The number of aromatic nitrogens is 1. The first-order valence-corrected chi connectivity index (χ1v) is 5.83. The summed E-state index contributed by atoms with van der Waals surface area (Å²) in [5.74, 6) is 3.14. The van der Waals surface area contributed by atoms with Gasteiger partial charge in [0.15, 0.2) is 0 Å². The standard InChI is InChI=1S/C11H11F3N2S/c1-2-5-15-6-7-17-10-4-3-9(8-16-10)11(12,13)14/h1,3-4,8,15H,5-7H2. The molecule has 6 heteroatoms. The van der Waals surface area contributed by atoms with Crippen LogP contribution in [0.25, 0.3) is 0 Å². The molecule has 0 fully saturated rings. The highest BCUT2D eigenvalue weighted by molar-refractivity contribution is 7.99. The van der Waals surface area contributed by atoms with E-state index in [0.29, 0.717) is 23.9 Å². The van der Waals surface area contributed by atoms with Gasteiger partial charge in [0.2, 0.25) is 0 Å². The Bertz CT molecular complexity index is 381. The van der Waals surface area contributed by atoms with Crippen LogP contribution in [-0.2, 0) is 6.18 Å². The quantitative estimate of drug-likeness (QED) is 0.500. The third-order valence-corrected chi connectivity index (χ3v) is 2.77. The number of rotatable bonds is 5. The van der Waals surface area contributed by atoms with Gasteiger partial charge in [0.25, 0.3) is 0 Å². The maximum absolute atomic E-state index is 12.2. The number of alkyl halides is 3. The van der Waals surface area contributed by atoms with Crippen LogP contribution in [0.4, 0.5) is 13.2 Å². The molecule has 0 saturated carbocycles. The molecule has 92 valence electrons. The van der Waals surface area contributed by atoms with E-state index in [1.165, 1.54) is 17.8 Å². The van der Waals surface area contributed by atoms with Gasteiger partial charge in [-0.2, -0.15) is 13.2 Å². The van der Waals surface area contributed by atoms with Gasteiger partial charge in [0, 0.05) is 18.5 Å². The number of halogens is 3. The molecular weight excluding hydrogens is 249 g/mol. The van der Waals surface area contributed by atoms with Crippen LogP contribution in [0.1, 0.15) is 5.56 Å². The fraction of sp³-hybridized carbons (Fsp3) is 0.364. The van der Waals surface area contributed by atoms with Crippen LogP contribution < -0.4 is 5.32 Å². The second kappa shape index (κ2) is 6.52. The van der Waals surface area contributed by atoms with Crippen LogP contribution in [0.5, 0.6) is 0 Å². The Hall–Kier alpha value is -1.19. The molecule has 0 aliphatic heterocycles. The van der Waals surface area contributed by atoms with E-state index in [-0.39, 0.29) is 0 Å². The molecule has 1 aromatic heterocycles. The molecule has 0 amide bonds. The van der Waals surface area contributed by atoms with Crippen molar-refractivity contribution in [3.8, 4) is 12.3 Å². The van der Waals surface area contributed by atoms with Crippen molar-refractivity contribution in [2.75, 3.05) is 18.8 Å². The second-order valence-corrected chi connectivity index (χ2v) is 4.23. The normalized spacial score (nSPS) is 11.2. The molecule has 17 heavy (non-hydrogen) atoms. The highest BCUT2D eigenvalue weighted by Gasteiger charge is 2.30. The number of nitrogens with zero attached hydrogens (tertiary/aromatic N) is 1. The van der Waals surface area contributed by atoms with Crippen molar-refractivity contribution in [3.63, 3.8) is 0 Å². The minimum Gasteiger partial charge on any atom is -0.305 e. The van der Waals surface area contributed by atoms with Crippen LogP contribution in [-0.4, -0.2) is 23.8 Å². The molecule has 1 aromatic rings. The van der Waals surface area contributed by atoms with E-state index < -0.39 is 11.7 Å². The Labute approximate surface area is 102 Å². The second-order valence-electron chi connectivity index (χ2n) is 3.11. The van der Waals surface area contributed by atoms with Crippen LogP contribution in [0.15, 0.2) is 23.4 Å². The van der Waals surface area contributed by atoms with Gasteiger partial charge in [-0.3, -0.25) is 0 Å². The molecular formula is C11H11F3N2S. The van der Waals surface area contributed by atoms with Gasteiger partial charge in [-0.25, -0.2) is 4.98 Å². The summed E-state index contributed by atoms with van der Waals surface area (Å²) in [6, 6.07) is 2.40. The lowest BCUT2D eigenvalue weighted by Crippen LogP contribution is -2.16. The minimum atomic E-state index is -4.33. The first-order valence-electron chi connectivity index (χ1n) is 4.84. The van der Waals surface area contributed by atoms with Gasteiger partial charge >= 0.3 is 6.18 Å². The summed E-state index contributed by atoms with van der Waals surface area (Å²) in [6.45, 7) is 1.18. The molecule has 0 atom stereocenters. The highest BCUT2D eigenvalue weighted by atomic mass is 32.2. The molecule has 0 aliphatic carbocycles. The number of nitrogens with one attached hydrogen (secondary N) is 1. The summed E-state index contributed by atoms with van der Waals surface area (Å²) in [5, 5.41) is 3.55. The minimum absolute atomic E-state index is 0.487. The third kappa shape index (κ3) is 5.11. The van der Waals surface area contributed by atoms with Crippen molar-refractivity contribution in [2.45, 2.75) is 11.2 Å². The summed E-state index contributed by atoms with van der Waals surface area (Å²) in [4.78, 5) is 3.74. The van der Waals surface area contributed by atoms with Gasteiger partial charge in [-0.1, -0.05) is 5.92 Å². The van der Waals surface area contributed by atoms with Gasteiger partial charge < -0.3 is 5.32 Å². The number of terminal acetylenes is 1. The van der Waals surface area contributed by atoms with Crippen molar-refractivity contribution in [1.82, 2.24) is 10.3 Å². The summed E-state index contributed by atoms with van der Waals surface area (Å²) in [5.41, 5.74) is -0.729. The number of thioether (sulfide) groups is 1. The van der Waals surface area contributed by atoms with E-state index in [1.807, 2.05) is 0 Å². The van der Waals surface area contributed by atoms with E-state index in [1.54, 1.807) is 0 Å². The molecule has 2 nitrogen and oxygen atoms in total. The van der Waals surface area contributed by atoms with Crippen LogP contribution in [0.3, 0.4) is 0 Å². The number of pyridine rings is 1. The molecule has 0 bridgehead atoms. The van der Waals surface area contributed by atoms with Gasteiger partial charge in [-0.05, 0) is 12.1 Å². The van der Waals surface area contributed by atoms with Crippen molar-refractivity contribution in [3.05, 3.63) is 23.9 Å². The molecule has 1 heterocycles. The van der Waals surface area contributed by atoms with Crippen molar-refractivity contribution >= 4 is 11.8 Å². The Balaban J connectivity index is 2.39. The number of hydrogen-bond donors (Lipinski definition) is 1. The summed E-state index contributed by atoms with van der Waals surface area (Å²) >= 11 is 1.38. The van der Waals surface area contributed by atoms with Gasteiger partial charge in [-0.15, -0.1) is 18.2 Å². The highest BCUT2D eigenvalue weighted by Crippen LogP contribution is 2.29. The Morgan fingerprint density at radius 1 is 1.41 bits per heavy atom. The Kier molecular flexibility index (Phi) is 5.32. The van der Waals surface area contributed by atoms with E-state index in [0.717, 1.165) is 12.3 Å². The van der Waals surface area contributed by atoms with Crippen molar-refractivity contribution in [2.24, 2.45) is 0 Å². The third-order valence-electron chi connectivity index (χ3n) is 1.82. The molecule has 0 saturated heterocycles. The topological polar surface area (TPSA) is 24.9 Å². The maximum atomic E-state index is 12.2.